The molecule has 4 heteroatoms. The number of hydrogen-bond donors (Lipinski definition) is 1. The highest BCUT2D eigenvalue weighted by Crippen LogP contribution is 2.15. The van der Waals surface area contributed by atoms with Crippen LogP contribution in [0.4, 0.5) is 0 Å². The first-order valence-electron chi connectivity index (χ1n) is 6.87. The highest BCUT2D eigenvalue weighted by molar-refractivity contribution is 7.09. The average molecular weight is 267 g/mol. The second-order valence-corrected chi connectivity index (χ2v) is 6.33. The molecule has 1 fully saturated rings. The van der Waals surface area contributed by atoms with Gasteiger partial charge in [0.05, 0.1) is 0 Å². The van der Waals surface area contributed by atoms with Crippen molar-refractivity contribution < 1.29 is 0 Å². The summed E-state index contributed by atoms with van der Waals surface area (Å²) >= 11 is 1.83. The minimum absolute atomic E-state index is 0.771. The van der Waals surface area contributed by atoms with Crippen molar-refractivity contribution in [3.05, 3.63) is 22.4 Å². The van der Waals surface area contributed by atoms with Gasteiger partial charge in [-0.2, -0.15) is 0 Å². The van der Waals surface area contributed by atoms with Crippen LogP contribution in [0.2, 0.25) is 0 Å². The molecule has 0 aliphatic carbocycles. The van der Waals surface area contributed by atoms with Gasteiger partial charge in [0.25, 0.3) is 0 Å². The molecule has 1 aliphatic rings. The predicted octanol–water partition coefficient (Wildman–Crippen LogP) is 1.86. The number of nitrogens with one attached hydrogen (secondary N) is 1. The molecule has 102 valence electrons. The van der Waals surface area contributed by atoms with Gasteiger partial charge in [0.1, 0.15) is 0 Å². The van der Waals surface area contributed by atoms with E-state index in [-0.39, 0.29) is 0 Å². The summed E-state index contributed by atoms with van der Waals surface area (Å²) in [5.41, 5.74) is 0. The summed E-state index contributed by atoms with van der Waals surface area (Å²) in [7, 11) is 4.49. The molecule has 0 bridgehead atoms. The quantitative estimate of drug-likeness (QED) is 0.761. The molecule has 1 aromatic rings. The molecule has 1 N–H and O–H groups in total. The van der Waals surface area contributed by atoms with Crippen LogP contribution in [0.5, 0.6) is 0 Å². The van der Waals surface area contributed by atoms with E-state index in [9.17, 15) is 0 Å². The van der Waals surface area contributed by atoms with Crippen molar-refractivity contribution in [2.75, 3.05) is 40.3 Å². The summed E-state index contributed by atoms with van der Waals surface area (Å²) in [5, 5.41) is 5.65. The summed E-state index contributed by atoms with van der Waals surface area (Å²) in [6.45, 7) is 5.70. The number of nitrogens with zero attached hydrogens (tertiary/aromatic N) is 2. The van der Waals surface area contributed by atoms with Crippen LogP contribution in [0.3, 0.4) is 0 Å². The molecule has 0 amide bonds. The first kappa shape index (κ1) is 14.0. The Labute approximate surface area is 115 Å². The molecule has 0 radical (unpaired) electrons. The van der Waals surface area contributed by atoms with Crippen LogP contribution in [0.1, 0.15) is 17.7 Å². The van der Waals surface area contributed by atoms with Crippen molar-refractivity contribution in [2.24, 2.45) is 0 Å². The van der Waals surface area contributed by atoms with Crippen LogP contribution in [-0.2, 0) is 6.54 Å². The normalized spacial score (nSPS) is 20.9. The Morgan fingerprint density at radius 3 is 3.11 bits per heavy atom. The van der Waals surface area contributed by atoms with Crippen molar-refractivity contribution in [2.45, 2.75) is 25.4 Å². The van der Waals surface area contributed by atoms with E-state index < -0.39 is 0 Å². The summed E-state index contributed by atoms with van der Waals surface area (Å²) in [6, 6.07) is 5.07. The molecule has 2 heterocycles. The van der Waals surface area contributed by atoms with Gasteiger partial charge in [-0.1, -0.05) is 6.07 Å². The zero-order valence-electron chi connectivity index (χ0n) is 11.6. The Kier molecular flexibility index (Phi) is 5.63. The lowest BCUT2D eigenvalue weighted by atomic mass is 10.2. The van der Waals surface area contributed by atoms with E-state index in [1.807, 2.05) is 11.3 Å². The number of rotatable bonds is 7. The molecular formula is C14H25N3S. The number of hydrogen-bond acceptors (Lipinski definition) is 4. The summed E-state index contributed by atoms with van der Waals surface area (Å²) in [6.07, 6.45) is 2.73. The van der Waals surface area contributed by atoms with Crippen molar-refractivity contribution in [3.8, 4) is 0 Å². The van der Waals surface area contributed by atoms with Crippen LogP contribution in [0.25, 0.3) is 0 Å². The van der Waals surface area contributed by atoms with Gasteiger partial charge in [-0.25, -0.2) is 0 Å². The van der Waals surface area contributed by atoms with E-state index in [2.05, 4.69) is 46.7 Å². The Hall–Kier alpha value is -0.420. The molecule has 1 aromatic heterocycles. The molecular weight excluding hydrogens is 242 g/mol. The van der Waals surface area contributed by atoms with Crippen molar-refractivity contribution in [1.82, 2.24) is 15.1 Å². The van der Waals surface area contributed by atoms with Crippen LogP contribution < -0.4 is 5.32 Å². The van der Waals surface area contributed by atoms with E-state index in [0.29, 0.717) is 0 Å². The van der Waals surface area contributed by atoms with Crippen molar-refractivity contribution >= 4 is 11.3 Å². The topological polar surface area (TPSA) is 18.5 Å². The molecule has 1 aliphatic heterocycles. The summed E-state index contributed by atoms with van der Waals surface area (Å²) in [4.78, 5) is 6.37. The maximum absolute atomic E-state index is 3.51. The smallest absolute Gasteiger partial charge is 0.0300 e. The number of likely N-dealkylation sites (N-methyl/N-ethyl adjacent to an activating group) is 2. The van der Waals surface area contributed by atoms with Gasteiger partial charge in [-0.3, -0.25) is 0 Å². The highest BCUT2D eigenvalue weighted by atomic mass is 32.1. The molecule has 1 unspecified atom stereocenters. The fourth-order valence-electron chi connectivity index (χ4n) is 2.56. The minimum Gasteiger partial charge on any atom is -0.311 e. The largest absolute Gasteiger partial charge is 0.311 e. The third-order valence-corrected chi connectivity index (χ3v) is 4.62. The summed E-state index contributed by atoms with van der Waals surface area (Å²) in [5.74, 6) is 0. The minimum atomic E-state index is 0.771. The fraction of sp³-hybridized carbons (Fsp3) is 0.714. The first-order valence-corrected chi connectivity index (χ1v) is 7.75. The van der Waals surface area contributed by atoms with E-state index in [1.54, 1.807) is 0 Å². The Balaban J connectivity index is 1.55. The zero-order valence-corrected chi connectivity index (χ0v) is 12.4. The third kappa shape index (κ3) is 4.35. The van der Waals surface area contributed by atoms with E-state index in [0.717, 1.165) is 25.7 Å². The van der Waals surface area contributed by atoms with Gasteiger partial charge in [0, 0.05) is 37.1 Å². The van der Waals surface area contributed by atoms with Crippen LogP contribution in [-0.4, -0.2) is 56.1 Å². The third-order valence-electron chi connectivity index (χ3n) is 3.74. The maximum atomic E-state index is 3.51. The number of thiophene rings is 1. The standard InChI is InChI=1S/C14H25N3S/c1-16(12-13-5-3-8-17(13)2)9-7-15-11-14-6-4-10-18-14/h4,6,10,13,15H,3,5,7-9,11-12H2,1-2H3. The predicted molar refractivity (Wildman–Crippen MR) is 79.2 cm³/mol. The van der Waals surface area contributed by atoms with Gasteiger partial charge >= 0.3 is 0 Å². The maximum Gasteiger partial charge on any atom is 0.0300 e. The lowest BCUT2D eigenvalue weighted by Crippen LogP contribution is -2.39. The molecule has 0 spiro atoms. The zero-order chi connectivity index (χ0) is 12.8. The molecule has 0 aromatic carbocycles. The monoisotopic (exact) mass is 267 g/mol. The Morgan fingerprint density at radius 2 is 2.44 bits per heavy atom. The average Bonchev–Trinajstić information content (AvgIpc) is 2.98. The Morgan fingerprint density at radius 1 is 1.56 bits per heavy atom. The Bertz CT molecular complexity index is 326. The van der Waals surface area contributed by atoms with Gasteiger partial charge in [-0.05, 0) is 44.9 Å². The van der Waals surface area contributed by atoms with E-state index >= 15 is 0 Å². The summed E-state index contributed by atoms with van der Waals surface area (Å²) < 4.78 is 0. The molecule has 18 heavy (non-hydrogen) atoms. The van der Waals surface area contributed by atoms with Crippen LogP contribution >= 0.6 is 11.3 Å². The highest BCUT2D eigenvalue weighted by Gasteiger charge is 2.21. The number of likely N-dealkylation sites (tertiary alicyclic amines) is 1. The van der Waals surface area contributed by atoms with Crippen molar-refractivity contribution in [1.29, 1.82) is 0 Å². The van der Waals surface area contributed by atoms with E-state index in [4.69, 9.17) is 0 Å². The lowest BCUT2D eigenvalue weighted by Gasteiger charge is -2.25. The van der Waals surface area contributed by atoms with Gasteiger partial charge in [0.15, 0.2) is 0 Å². The fourth-order valence-corrected chi connectivity index (χ4v) is 3.23. The second kappa shape index (κ2) is 7.24. The van der Waals surface area contributed by atoms with Gasteiger partial charge < -0.3 is 15.1 Å². The van der Waals surface area contributed by atoms with Crippen LogP contribution in [0.15, 0.2) is 17.5 Å². The van der Waals surface area contributed by atoms with Crippen LogP contribution in [0, 0.1) is 0 Å². The molecule has 2 rings (SSSR count). The molecule has 0 saturated carbocycles. The van der Waals surface area contributed by atoms with Gasteiger partial charge in [0.2, 0.25) is 0 Å². The SMILES string of the molecule is CN(CCNCc1cccs1)CC1CCCN1C. The lowest BCUT2D eigenvalue weighted by molar-refractivity contribution is 0.220. The molecule has 1 atom stereocenters. The van der Waals surface area contributed by atoms with Gasteiger partial charge in [-0.15, -0.1) is 11.3 Å². The van der Waals surface area contributed by atoms with Crippen molar-refractivity contribution in [3.63, 3.8) is 0 Å². The van der Waals surface area contributed by atoms with E-state index in [1.165, 1.54) is 30.8 Å². The second-order valence-electron chi connectivity index (χ2n) is 5.30. The molecule has 3 nitrogen and oxygen atoms in total. The molecule has 1 saturated heterocycles. The first-order chi connectivity index (χ1) is 8.75.